The Bertz CT molecular complexity index is 455. The van der Waals surface area contributed by atoms with Crippen LogP contribution in [0.5, 0.6) is 0 Å². The molecule has 2 rings (SSSR count). The molecule has 6 heteroatoms. The third-order valence-corrected chi connectivity index (χ3v) is 3.06. The lowest BCUT2D eigenvalue weighted by atomic mass is 10.4. The number of hydrogen-bond acceptors (Lipinski definition) is 3. The zero-order valence-electron chi connectivity index (χ0n) is 9.52. The summed E-state index contributed by atoms with van der Waals surface area (Å²) in [6.07, 6.45) is 4.82. The highest BCUT2D eigenvalue weighted by atomic mass is 35.5. The first-order chi connectivity index (χ1) is 7.78. The van der Waals surface area contributed by atoms with Gasteiger partial charge in [0.25, 0.3) is 0 Å². The van der Waals surface area contributed by atoms with Gasteiger partial charge in [-0.2, -0.15) is 9.49 Å². The van der Waals surface area contributed by atoms with Crippen molar-refractivity contribution in [2.24, 2.45) is 0 Å². The predicted molar refractivity (Wildman–Crippen MR) is 71.4 cm³/mol. The lowest BCUT2D eigenvalue weighted by Gasteiger charge is -2.00. The predicted octanol–water partition coefficient (Wildman–Crippen LogP) is 3.53. The number of hydrogen-bond donors (Lipinski definition) is 1. The van der Waals surface area contributed by atoms with Gasteiger partial charge >= 0.3 is 0 Å². The lowest BCUT2D eigenvalue weighted by molar-refractivity contribution is 0.603. The Morgan fingerprint density at radius 3 is 2.94 bits per heavy atom. The van der Waals surface area contributed by atoms with E-state index in [1.807, 2.05) is 10.9 Å². The Kier molecular flexibility index (Phi) is 5.44. The van der Waals surface area contributed by atoms with E-state index < -0.39 is 0 Å². The zero-order chi connectivity index (χ0) is 11.4. The van der Waals surface area contributed by atoms with E-state index in [-0.39, 0.29) is 17.5 Å². The molecule has 2 aromatic heterocycles. The van der Waals surface area contributed by atoms with Crippen LogP contribution in [-0.2, 0) is 13.1 Å². The molecular formula is C11H15ClFN3S. The first-order valence-electron chi connectivity index (χ1n) is 5.28. The Morgan fingerprint density at radius 1 is 1.47 bits per heavy atom. The summed E-state index contributed by atoms with van der Waals surface area (Å²) in [7, 11) is 0. The number of nitrogens with zero attached hydrogens (tertiary/aromatic N) is 2. The summed E-state index contributed by atoms with van der Waals surface area (Å²) in [5.41, 5.74) is 0.974. The maximum Gasteiger partial charge on any atom is 0.176 e. The van der Waals surface area contributed by atoms with Crippen molar-refractivity contribution in [3.63, 3.8) is 0 Å². The summed E-state index contributed by atoms with van der Waals surface area (Å²) in [6, 6.07) is 3.28. The molecule has 0 amide bonds. The van der Waals surface area contributed by atoms with Crippen LogP contribution in [-0.4, -0.2) is 9.78 Å². The summed E-state index contributed by atoms with van der Waals surface area (Å²) < 4.78 is 14.6. The molecule has 2 aromatic rings. The Morgan fingerprint density at radius 2 is 2.29 bits per heavy atom. The molecule has 0 unspecified atom stereocenters. The molecule has 0 saturated heterocycles. The monoisotopic (exact) mass is 275 g/mol. The molecular weight excluding hydrogens is 261 g/mol. The van der Waals surface area contributed by atoms with Crippen LogP contribution in [0.1, 0.15) is 18.2 Å². The van der Waals surface area contributed by atoms with Gasteiger partial charge < -0.3 is 5.32 Å². The van der Waals surface area contributed by atoms with Gasteiger partial charge in [-0.3, -0.25) is 4.68 Å². The van der Waals surface area contributed by atoms with Crippen LogP contribution in [0, 0.1) is 5.13 Å². The van der Waals surface area contributed by atoms with Crippen molar-refractivity contribution in [3.8, 4) is 0 Å². The largest absolute Gasteiger partial charge is 0.378 e. The Hall–Kier alpha value is -1.07. The average molecular weight is 276 g/mol. The van der Waals surface area contributed by atoms with Crippen molar-refractivity contribution < 1.29 is 4.39 Å². The fourth-order valence-electron chi connectivity index (χ4n) is 1.44. The molecule has 0 spiro atoms. The number of anilines is 1. The van der Waals surface area contributed by atoms with E-state index in [2.05, 4.69) is 17.3 Å². The number of rotatable bonds is 5. The summed E-state index contributed by atoms with van der Waals surface area (Å²) in [5.74, 6) is 0. The molecule has 0 aliphatic carbocycles. The van der Waals surface area contributed by atoms with Crippen molar-refractivity contribution in [3.05, 3.63) is 34.5 Å². The van der Waals surface area contributed by atoms with Crippen LogP contribution >= 0.6 is 23.7 Å². The minimum atomic E-state index is -0.140. The van der Waals surface area contributed by atoms with Gasteiger partial charge in [-0.25, -0.2) is 0 Å². The second-order valence-corrected chi connectivity index (χ2v) is 4.67. The highest BCUT2D eigenvalue weighted by Crippen LogP contribution is 2.16. The van der Waals surface area contributed by atoms with Gasteiger partial charge in [-0.1, -0.05) is 6.92 Å². The van der Waals surface area contributed by atoms with E-state index >= 15 is 0 Å². The highest BCUT2D eigenvalue weighted by molar-refractivity contribution is 7.10. The molecule has 17 heavy (non-hydrogen) atoms. The molecule has 0 aliphatic heterocycles. The van der Waals surface area contributed by atoms with Gasteiger partial charge in [0.1, 0.15) is 0 Å². The highest BCUT2D eigenvalue weighted by Gasteiger charge is 2.00. The molecule has 0 atom stereocenters. The van der Waals surface area contributed by atoms with Gasteiger partial charge in [-0.15, -0.1) is 23.7 Å². The second-order valence-electron chi connectivity index (χ2n) is 3.55. The number of thiophene rings is 1. The van der Waals surface area contributed by atoms with E-state index in [0.717, 1.165) is 23.5 Å². The van der Waals surface area contributed by atoms with Gasteiger partial charge in [-0.05, 0) is 18.6 Å². The first-order valence-corrected chi connectivity index (χ1v) is 6.10. The van der Waals surface area contributed by atoms with Crippen molar-refractivity contribution in [2.75, 3.05) is 5.32 Å². The van der Waals surface area contributed by atoms with Crippen LogP contribution in [0.25, 0.3) is 0 Å². The SMILES string of the molecule is CCCn1cc(NCc2ccc(F)s2)cn1.Cl. The third-order valence-electron chi connectivity index (χ3n) is 2.18. The van der Waals surface area contributed by atoms with Gasteiger partial charge in [0.05, 0.1) is 11.9 Å². The standard InChI is InChI=1S/C11H14FN3S.ClH/c1-2-5-15-8-9(6-14-15)13-7-10-3-4-11(12)16-10;/h3-4,6,8,13H,2,5,7H2,1H3;1H. The zero-order valence-corrected chi connectivity index (χ0v) is 11.2. The number of nitrogens with one attached hydrogen (secondary N) is 1. The first kappa shape index (κ1) is 14.0. The Balaban J connectivity index is 0.00000144. The van der Waals surface area contributed by atoms with Gasteiger partial charge in [0.2, 0.25) is 0 Å². The van der Waals surface area contributed by atoms with Crippen molar-refractivity contribution in [1.82, 2.24) is 9.78 Å². The quantitative estimate of drug-likeness (QED) is 0.905. The van der Waals surface area contributed by atoms with Crippen LogP contribution in [0.15, 0.2) is 24.5 Å². The maximum atomic E-state index is 12.7. The average Bonchev–Trinajstić information content (AvgIpc) is 2.85. The molecule has 0 radical (unpaired) electrons. The molecule has 0 bridgehead atoms. The molecule has 0 aromatic carbocycles. The topological polar surface area (TPSA) is 29.9 Å². The smallest absolute Gasteiger partial charge is 0.176 e. The van der Waals surface area contributed by atoms with Gasteiger partial charge in [0, 0.05) is 24.2 Å². The fraction of sp³-hybridized carbons (Fsp3) is 0.364. The maximum absolute atomic E-state index is 12.7. The summed E-state index contributed by atoms with van der Waals surface area (Å²) in [4.78, 5) is 0.987. The second kappa shape index (κ2) is 6.61. The summed E-state index contributed by atoms with van der Waals surface area (Å²) >= 11 is 1.17. The molecule has 0 saturated carbocycles. The number of aromatic nitrogens is 2. The van der Waals surface area contributed by atoms with Crippen LogP contribution in [0.2, 0.25) is 0 Å². The third kappa shape index (κ3) is 4.02. The fourth-order valence-corrected chi connectivity index (χ4v) is 2.11. The minimum Gasteiger partial charge on any atom is -0.378 e. The molecule has 94 valence electrons. The van der Waals surface area contributed by atoms with Crippen LogP contribution in [0.4, 0.5) is 10.1 Å². The van der Waals surface area contributed by atoms with E-state index in [4.69, 9.17) is 0 Å². The van der Waals surface area contributed by atoms with E-state index in [0.29, 0.717) is 6.54 Å². The van der Waals surface area contributed by atoms with Crippen molar-refractivity contribution in [2.45, 2.75) is 26.4 Å². The summed E-state index contributed by atoms with van der Waals surface area (Å²) in [6.45, 7) is 3.69. The number of halogens is 2. The van der Waals surface area contributed by atoms with Crippen LogP contribution in [0.3, 0.4) is 0 Å². The van der Waals surface area contributed by atoms with Crippen molar-refractivity contribution in [1.29, 1.82) is 0 Å². The van der Waals surface area contributed by atoms with E-state index in [9.17, 15) is 4.39 Å². The lowest BCUT2D eigenvalue weighted by Crippen LogP contribution is -1.97. The van der Waals surface area contributed by atoms with E-state index in [1.165, 1.54) is 17.4 Å². The summed E-state index contributed by atoms with van der Waals surface area (Å²) in [5, 5.41) is 7.28. The van der Waals surface area contributed by atoms with Crippen LogP contribution < -0.4 is 5.32 Å². The van der Waals surface area contributed by atoms with Gasteiger partial charge in [0.15, 0.2) is 5.13 Å². The normalized spacial score (nSPS) is 10.0. The number of aryl methyl sites for hydroxylation is 1. The molecule has 1 N–H and O–H groups in total. The van der Waals surface area contributed by atoms with E-state index in [1.54, 1.807) is 12.3 Å². The molecule has 3 nitrogen and oxygen atoms in total. The molecule has 2 heterocycles. The molecule has 0 fully saturated rings. The minimum absolute atomic E-state index is 0. The Labute approximate surface area is 110 Å². The van der Waals surface area contributed by atoms with Crippen molar-refractivity contribution >= 4 is 29.4 Å². The molecule has 0 aliphatic rings.